The highest BCUT2D eigenvalue weighted by molar-refractivity contribution is 6.30. The van der Waals surface area contributed by atoms with E-state index in [1.54, 1.807) is 43.3 Å². The molecule has 0 fully saturated rings. The van der Waals surface area contributed by atoms with E-state index in [1.165, 1.54) is 22.9 Å². The summed E-state index contributed by atoms with van der Waals surface area (Å²) in [5.74, 6) is 0.175. The number of hydrogen-bond donors (Lipinski definition) is 2. The number of hydrogen-bond acceptors (Lipinski definition) is 10. The van der Waals surface area contributed by atoms with Gasteiger partial charge < -0.3 is 19.7 Å². The lowest BCUT2D eigenvalue weighted by Crippen LogP contribution is -2.26. The van der Waals surface area contributed by atoms with Gasteiger partial charge in [0.15, 0.2) is 11.5 Å². The van der Waals surface area contributed by atoms with Gasteiger partial charge in [-0.15, -0.1) is 10.2 Å². The number of rotatable bonds is 8. The average molecular weight is 532 g/mol. The predicted molar refractivity (Wildman–Crippen MR) is 136 cm³/mol. The molecule has 2 N–H and O–H groups in total. The van der Waals surface area contributed by atoms with Crippen molar-refractivity contribution in [3.05, 3.63) is 99.3 Å². The highest BCUT2D eigenvalue weighted by Crippen LogP contribution is 2.24. The number of carboxylic acid groups (broad SMARTS) is 1. The van der Waals surface area contributed by atoms with Gasteiger partial charge in [0, 0.05) is 23.0 Å². The lowest BCUT2D eigenvalue weighted by atomic mass is 10.2. The molecule has 0 aliphatic rings. The van der Waals surface area contributed by atoms with Gasteiger partial charge in [0.25, 0.3) is 11.4 Å². The molecule has 0 aliphatic heterocycles. The Balaban J connectivity index is 1.41. The molecule has 38 heavy (non-hydrogen) atoms. The summed E-state index contributed by atoms with van der Waals surface area (Å²) in [7, 11) is 0. The number of aryl methyl sites for hydroxylation is 1. The SMILES string of the molecule is Cc1noc(-c2cnc(Nc3ccc(Oc4ccc(C(=O)O)nn4)cc3)n(Cc3ccc(Cl)cc3)c2=O)n1. The summed E-state index contributed by atoms with van der Waals surface area (Å²) >= 11 is 6.01. The molecular formula is C25H18ClN7O5. The van der Waals surface area contributed by atoms with Crippen molar-refractivity contribution >= 4 is 29.2 Å². The monoisotopic (exact) mass is 531 g/mol. The first-order chi connectivity index (χ1) is 18.4. The van der Waals surface area contributed by atoms with E-state index >= 15 is 0 Å². The fourth-order valence-electron chi connectivity index (χ4n) is 3.41. The molecule has 0 amide bonds. The Morgan fingerprint density at radius 3 is 2.47 bits per heavy atom. The van der Waals surface area contributed by atoms with Crippen LogP contribution in [0, 0.1) is 6.92 Å². The molecule has 0 atom stereocenters. The van der Waals surface area contributed by atoms with Crippen LogP contribution in [0.15, 0.2) is 76.2 Å². The van der Waals surface area contributed by atoms with Gasteiger partial charge in [0.1, 0.15) is 11.3 Å². The van der Waals surface area contributed by atoms with Crippen LogP contribution in [0.3, 0.4) is 0 Å². The van der Waals surface area contributed by atoms with Crippen molar-refractivity contribution < 1.29 is 19.2 Å². The minimum Gasteiger partial charge on any atom is -0.476 e. The second-order valence-corrected chi connectivity index (χ2v) is 8.41. The van der Waals surface area contributed by atoms with Gasteiger partial charge in [0.05, 0.1) is 6.54 Å². The third kappa shape index (κ3) is 5.50. The van der Waals surface area contributed by atoms with Gasteiger partial charge in [-0.25, -0.2) is 9.78 Å². The first kappa shape index (κ1) is 24.6. The van der Waals surface area contributed by atoms with Crippen LogP contribution >= 0.6 is 11.6 Å². The third-order valence-electron chi connectivity index (χ3n) is 5.25. The Kier molecular flexibility index (Phi) is 6.78. The molecule has 3 heterocycles. The van der Waals surface area contributed by atoms with E-state index in [0.717, 1.165) is 5.56 Å². The van der Waals surface area contributed by atoms with Crippen LogP contribution in [0.5, 0.6) is 11.6 Å². The van der Waals surface area contributed by atoms with Crippen molar-refractivity contribution in [2.75, 3.05) is 5.32 Å². The number of aromatic nitrogens is 6. The standard InChI is InChI=1S/C25H18ClN7O5/c1-14-28-22(38-32-14)19-12-27-25(33(23(19)34)13-15-2-4-16(26)5-3-15)29-17-6-8-18(9-7-17)37-21-11-10-20(24(35)36)30-31-21/h2-12H,13H2,1H3,(H,27,29)(H,35,36). The molecule has 0 saturated carbocycles. The average Bonchev–Trinajstić information content (AvgIpc) is 3.34. The molecule has 0 bridgehead atoms. The smallest absolute Gasteiger partial charge is 0.356 e. The van der Waals surface area contributed by atoms with Gasteiger partial charge in [-0.1, -0.05) is 28.9 Å². The second-order valence-electron chi connectivity index (χ2n) is 7.97. The maximum absolute atomic E-state index is 13.4. The summed E-state index contributed by atoms with van der Waals surface area (Å²) in [6, 6.07) is 16.6. The lowest BCUT2D eigenvalue weighted by molar-refractivity contribution is 0.0689. The Hall–Kier alpha value is -5.10. The normalized spacial score (nSPS) is 10.8. The molecule has 2 aromatic carbocycles. The number of carbonyl (C=O) groups is 1. The zero-order valence-corrected chi connectivity index (χ0v) is 20.5. The van der Waals surface area contributed by atoms with Gasteiger partial charge >= 0.3 is 5.97 Å². The molecule has 0 unspecified atom stereocenters. The summed E-state index contributed by atoms with van der Waals surface area (Å²) in [5, 5.41) is 23.8. The molecule has 0 saturated heterocycles. The molecular weight excluding hydrogens is 514 g/mol. The topological polar surface area (TPSA) is 158 Å². The maximum atomic E-state index is 13.4. The number of aromatic carboxylic acids is 1. The lowest BCUT2D eigenvalue weighted by Gasteiger charge is -2.15. The number of halogens is 1. The minimum atomic E-state index is -1.18. The summed E-state index contributed by atoms with van der Waals surface area (Å²) in [4.78, 5) is 33.0. The summed E-state index contributed by atoms with van der Waals surface area (Å²) in [6.07, 6.45) is 1.38. The van der Waals surface area contributed by atoms with E-state index in [4.69, 9.17) is 26.0 Å². The van der Waals surface area contributed by atoms with Gasteiger partial charge in [-0.3, -0.25) is 9.36 Å². The quantitative estimate of drug-likeness (QED) is 0.293. The summed E-state index contributed by atoms with van der Waals surface area (Å²) in [5.41, 5.74) is 1.07. The van der Waals surface area contributed by atoms with Crippen molar-refractivity contribution in [2.45, 2.75) is 13.5 Å². The van der Waals surface area contributed by atoms with E-state index in [-0.39, 0.29) is 41.1 Å². The molecule has 0 spiro atoms. The van der Waals surface area contributed by atoms with E-state index < -0.39 is 5.97 Å². The highest BCUT2D eigenvalue weighted by Gasteiger charge is 2.17. The van der Waals surface area contributed by atoms with E-state index in [2.05, 4.69) is 30.6 Å². The van der Waals surface area contributed by atoms with Crippen molar-refractivity contribution in [1.29, 1.82) is 0 Å². The maximum Gasteiger partial charge on any atom is 0.356 e. The number of carboxylic acids is 1. The van der Waals surface area contributed by atoms with Crippen molar-refractivity contribution in [3.63, 3.8) is 0 Å². The fraction of sp³-hybridized carbons (Fsp3) is 0.0800. The molecule has 12 nitrogen and oxygen atoms in total. The van der Waals surface area contributed by atoms with Crippen LogP contribution in [0.1, 0.15) is 21.9 Å². The van der Waals surface area contributed by atoms with Crippen LogP contribution in [-0.2, 0) is 6.54 Å². The Labute approximate surface area is 219 Å². The van der Waals surface area contributed by atoms with Crippen molar-refractivity contribution in [1.82, 2.24) is 29.9 Å². The first-order valence-electron chi connectivity index (χ1n) is 11.1. The summed E-state index contributed by atoms with van der Waals surface area (Å²) < 4.78 is 12.3. The van der Waals surface area contributed by atoms with Gasteiger partial charge in [-0.2, -0.15) is 4.98 Å². The minimum absolute atomic E-state index is 0.0809. The van der Waals surface area contributed by atoms with Crippen LogP contribution in [0.25, 0.3) is 11.5 Å². The number of nitrogens with one attached hydrogen (secondary N) is 1. The molecule has 5 aromatic rings. The van der Waals surface area contributed by atoms with E-state index in [9.17, 15) is 9.59 Å². The second kappa shape index (κ2) is 10.5. The Bertz CT molecular complexity index is 1650. The molecule has 0 aliphatic carbocycles. The molecule has 5 rings (SSSR count). The third-order valence-corrected chi connectivity index (χ3v) is 5.50. The zero-order valence-electron chi connectivity index (χ0n) is 19.7. The zero-order chi connectivity index (χ0) is 26.6. The first-order valence-corrected chi connectivity index (χ1v) is 11.5. The largest absolute Gasteiger partial charge is 0.476 e. The van der Waals surface area contributed by atoms with Crippen molar-refractivity contribution in [3.8, 4) is 23.1 Å². The van der Waals surface area contributed by atoms with Gasteiger partial charge in [-0.05, 0) is 55.0 Å². The predicted octanol–water partition coefficient (Wildman–Crippen LogP) is 4.33. The van der Waals surface area contributed by atoms with E-state index in [0.29, 0.717) is 22.3 Å². The molecule has 13 heteroatoms. The Morgan fingerprint density at radius 2 is 1.84 bits per heavy atom. The number of benzene rings is 2. The molecule has 190 valence electrons. The fourth-order valence-corrected chi connectivity index (χ4v) is 3.53. The van der Waals surface area contributed by atoms with E-state index in [1.807, 2.05) is 12.1 Å². The number of anilines is 2. The van der Waals surface area contributed by atoms with Crippen LogP contribution in [0.4, 0.5) is 11.6 Å². The molecule has 0 radical (unpaired) electrons. The van der Waals surface area contributed by atoms with Crippen molar-refractivity contribution in [2.24, 2.45) is 0 Å². The van der Waals surface area contributed by atoms with Crippen LogP contribution < -0.4 is 15.6 Å². The van der Waals surface area contributed by atoms with Crippen LogP contribution in [-0.4, -0.2) is 41.0 Å². The van der Waals surface area contributed by atoms with Crippen LogP contribution in [0.2, 0.25) is 5.02 Å². The number of ether oxygens (including phenoxy) is 1. The Morgan fingerprint density at radius 1 is 1.08 bits per heavy atom. The highest BCUT2D eigenvalue weighted by atomic mass is 35.5. The number of nitrogens with zero attached hydrogens (tertiary/aromatic N) is 6. The van der Waals surface area contributed by atoms with Gasteiger partial charge in [0.2, 0.25) is 11.8 Å². The summed E-state index contributed by atoms with van der Waals surface area (Å²) in [6.45, 7) is 1.87. The molecule has 3 aromatic heterocycles.